The number of nitrogens with zero attached hydrogens (tertiary/aromatic N) is 2. The molecule has 1 aliphatic heterocycles. The van der Waals surface area contributed by atoms with Crippen molar-refractivity contribution in [3.8, 4) is 0 Å². The highest BCUT2D eigenvalue weighted by molar-refractivity contribution is 9.10. The Morgan fingerprint density at radius 3 is 2.53 bits per heavy atom. The highest BCUT2D eigenvalue weighted by atomic mass is 79.9. The van der Waals surface area contributed by atoms with Crippen molar-refractivity contribution < 1.29 is 13.2 Å². The van der Waals surface area contributed by atoms with E-state index in [2.05, 4.69) is 20.9 Å². The third-order valence-electron chi connectivity index (χ3n) is 3.27. The number of hydrogen-bond acceptors (Lipinski definition) is 2. The van der Waals surface area contributed by atoms with Gasteiger partial charge in [-0.2, -0.15) is 13.2 Å². The van der Waals surface area contributed by atoms with Crippen LogP contribution in [0, 0.1) is 5.92 Å². The summed E-state index contributed by atoms with van der Waals surface area (Å²) in [6, 6.07) is 1.08. The molecule has 1 saturated heterocycles. The van der Waals surface area contributed by atoms with Crippen molar-refractivity contribution in [1.82, 2.24) is 4.98 Å². The average molecular weight is 358 g/mol. The summed E-state index contributed by atoms with van der Waals surface area (Å²) in [6.45, 7) is 1.13. The lowest BCUT2D eigenvalue weighted by Crippen LogP contribution is -2.36. The molecule has 0 unspecified atom stereocenters. The fourth-order valence-corrected chi connectivity index (χ4v) is 2.83. The maximum atomic E-state index is 13.0. The second-order valence-corrected chi connectivity index (χ2v) is 5.83. The molecule has 0 bridgehead atoms. The average Bonchev–Trinajstić information content (AvgIpc) is 2.38. The number of alkyl halides is 4. The van der Waals surface area contributed by atoms with Crippen LogP contribution in [0.3, 0.4) is 0 Å². The minimum atomic E-state index is -4.39. The molecule has 1 aromatic rings. The highest BCUT2D eigenvalue weighted by Crippen LogP contribution is 2.38. The molecule has 106 valence electrons. The molecule has 1 aromatic heterocycles. The van der Waals surface area contributed by atoms with Crippen LogP contribution < -0.4 is 4.90 Å². The molecule has 0 saturated carbocycles. The number of anilines is 1. The van der Waals surface area contributed by atoms with Gasteiger partial charge in [-0.25, -0.2) is 4.98 Å². The normalized spacial score (nSPS) is 17.8. The van der Waals surface area contributed by atoms with Crippen LogP contribution in [0.2, 0.25) is 0 Å². The second-order valence-electron chi connectivity index (χ2n) is 4.61. The van der Waals surface area contributed by atoms with E-state index >= 15 is 0 Å². The van der Waals surface area contributed by atoms with Gasteiger partial charge in [0.2, 0.25) is 0 Å². The first kappa shape index (κ1) is 14.9. The SMILES string of the molecule is FC(F)(F)c1cc(Br)cnc1N1CCC(CCl)CC1. The standard InChI is InChI=1S/C12H13BrClF3N2/c13-9-5-10(12(15,16)17)11(18-7-9)19-3-1-8(6-14)2-4-19/h5,7-8H,1-4,6H2. The zero-order chi connectivity index (χ0) is 14.0. The van der Waals surface area contributed by atoms with Crippen molar-refractivity contribution in [3.63, 3.8) is 0 Å². The summed E-state index contributed by atoms with van der Waals surface area (Å²) in [5, 5.41) is 0. The van der Waals surface area contributed by atoms with Crippen molar-refractivity contribution in [2.45, 2.75) is 19.0 Å². The van der Waals surface area contributed by atoms with Crippen molar-refractivity contribution in [2.24, 2.45) is 5.92 Å². The molecule has 19 heavy (non-hydrogen) atoms. The van der Waals surface area contributed by atoms with Crippen LogP contribution in [0.5, 0.6) is 0 Å². The van der Waals surface area contributed by atoms with E-state index in [0.29, 0.717) is 29.4 Å². The Bertz CT molecular complexity index is 445. The van der Waals surface area contributed by atoms with Crippen LogP contribution in [0.4, 0.5) is 19.0 Å². The van der Waals surface area contributed by atoms with E-state index in [1.54, 1.807) is 4.90 Å². The number of aromatic nitrogens is 1. The van der Waals surface area contributed by atoms with Crippen molar-refractivity contribution >= 4 is 33.3 Å². The third-order valence-corrected chi connectivity index (χ3v) is 4.14. The molecule has 1 fully saturated rings. The molecule has 0 amide bonds. The minimum absolute atomic E-state index is 0.0173. The summed E-state index contributed by atoms with van der Waals surface area (Å²) in [7, 11) is 0. The Balaban J connectivity index is 2.25. The van der Waals surface area contributed by atoms with Gasteiger partial charge in [0.05, 0.1) is 5.56 Å². The molecule has 2 nitrogen and oxygen atoms in total. The van der Waals surface area contributed by atoms with Gasteiger partial charge in [-0.3, -0.25) is 0 Å². The molecular formula is C12H13BrClF3N2. The smallest absolute Gasteiger partial charge is 0.356 e. The minimum Gasteiger partial charge on any atom is -0.356 e. The van der Waals surface area contributed by atoms with Crippen LogP contribution in [-0.4, -0.2) is 24.0 Å². The molecule has 0 aromatic carbocycles. The molecule has 2 rings (SSSR count). The van der Waals surface area contributed by atoms with Gasteiger partial charge in [-0.1, -0.05) is 0 Å². The first-order valence-corrected chi connectivity index (χ1v) is 7.28. The molecular weight excluding hydrogens is 344 g/mol. The van der Waals surface area contributed by atoms with Crippen molar-refractivity contribution in [3.05, 3.63) is 22.3 Å². The molecule has 7 heteroatoms. The maximum absolute atomic E-state index is 13.0. The Labute approximate surface area is 123 Å². The second kappa shape index (κ2) is 5.87. The molecule has 2 heterocycles. The Hall–Kier alpha value is -0.490. The number of halogens is 5. The topological polar surface area (TPSA) is 16.1 Å². The van der Waals surface area contributed by atoms with Crippen molar-refractivity contribution in [2.75, 3.05) is 23.9 Å². The van der Waals surface area contributed by atoms with E-state index in [9.17, 15) is 13.2 Å². The van der Waals surface area contributed by atoms with Gasteiger partial charge >= 0.3 is 6.18 Å². The fraction of sp³-hybridized carbons (Fsp3) is 0.583. The molecule has 0 N–H and O–H groups in total. The van der Waals surface area contributed by atoms with Crippen LogP contribution in [0.25, 0.3) is 0 Å². The van der Waals surface area contributed by atoms with E-state index in [-0.39, 0.29) is 5.82 Å². The van der Waals surface area contributed by atoms with Gasteiger partial charge in [0.1, 0.15) is 5.82 Å². The van der Waals surface area contributed by atoms with Crippen LogP contribution in [0.1, 0.15) is 18.4 Å². The summed E-state index contributed by atoms with van der Waals surface area (Å²) >= 11 is 8.81. The largest absolute Gasteiger partial charge is 0.419 e. The van der Waals surface area contributed by atoms with E-state index < -0.39 is 11.7 Å². The number of rotatable bonds is 2. The Kier molecular flexibility index (Phi) is 4.61. The lowest BCUT2D eigenvalue weighted by molar-refractivity contribution is -0.137. The number of hydrogen-bond donors (Lipinski definition) is 0. The monoisotopic (exact) mass is 356 g/mol. The Morgan fingerprint density at radius 2 is 2.00 bits per heavy atom. The summed E-state index contributed by atoms with van der Waals surface area (Å²) in [4.78, 5) is 5.64. The predicted molar refractivity (Wildman–Crippen MR) is 72.6 cm³/mol. The van der Waals surface area contributed by atoms with E-state index in [0.717, 1.165) is 18.9 Å². The first-order chi connectivity index (χ1) is 8.91. The van der Waals surface area contributed by atoms with E-state index in [4.69, 9.17) is 11.6 Å². The van der Waals surface area contributed by atoms with E-state index in [1.807, 2.05) is 0 Å². The van der Waals surface area contributed by atoms with Crippen LogP contribution in [-0.2, 0) is 6.18 Å². The summed E-state index contributed by atoms with van der Waals surface area (Å²) < 4.78 is 39.4. The molecule has 0 aliphatic carbocycles. The molecule has 0 radical (unpaired) electrons. The van der Waals surface area contributed by atoms with Gasteiger partial charge in [-0.05, 0) is 40.8 Å². The molecule has 1 aliphatic rings. The molecule has 0 atom stereocenters. The summed E-state index contributed by atoms with van der Waals surface area (Å²) in [6.07, 6.45) is -1.38. The quantitative estimate of drug-likeness (QED) is 0.733. The van der Waals surface area contributed by atoms with Gasteiger partial charge in [0, 0.05) is 29.6 Å². The van der Waals surface area contributed by atoms with Gasteiger partial charge in [-0.15, -0.1) is 11.6 Å². The lowest BCUT2D eigenvalue weighted by atomic mass is 9.98. The Morgan fingerprint density at radius 1 is 1.37 bits per heavy atom. The maximum Gasteiger partial charge on any atom is 0.419 e. The zero-order valence-electron chi connectivity index (χ0n) is 10.1. The fourth-order valence-electron chi connectivity index (χ4n) is 2.19. The first-order valence-electron chi connectivity index (χ1n) is 5.95. The van der Waals surface area contributed by atoms with Gasteiger partial charge in [0.25, 0.3) is 0 Å². The van der Waals surface area contributed by atoms with Crippen molar-refractivity contribution in [1.29, 1.82) is 0 Å². The van der Waals surface area contributed by atoms with Crippen LogP contribution >= 0.6 is 27.5 Å². The highest BCUT2D eigenvalue weighted by Gasteiger charge is 2.36. The van der Waals surface area contributed by atoms with E-state index in [1.165, 1.54) is 6.20 Å². The summed E-state index contributed by atoms with van der Waals surface area (Å²) in [5.41, 5.74) is -0.689. The summed E-state index contributed by atoms with van der Waals surface area (Å²) in [5.74, 6) is 0.972. The third kappa shape index (κ3) is 3.54. The predicted octanol–water partition coefficient (Wildman–Crippen LogP) is 4.32. The number of pyridine rings is 1. The lowest BCUT2D eigenvalue weighted by Gasteiger charge is -2.33. The van der Waals surface area contributed by atoms with Gasteiger partial charge in [0.15, 0.2) is 0 Å². The van der Waals surface area contributed by atoms with Gasteiger partial charge < -0.3 is 4.90 Å². The van der Waals surface area contributed by atoms with Crippen LogP contribution in [0.15, 0.2) is 16.7 Å². The number of piperidine rings is 1. The zero-order valence-corrected chi connectivity index (χ0v) is 12.4. The molecule has 0 spiro atoms.